The van der Waals surface area contributed by atoms with Crippen molar-refractivity contribution in [2.45, 2.75) is 200 Å². The smallest absolute Gasteiger partial charge is 0.306 e. The first-order valence-corrected chi connectivity index (χ1v) is 22.2. The van der Waals surface area contributed by atoms with Crippen molar-refractivity contribution in [3.63, 3.8) is 0 Å². The number of esters is 1. The Kier molecular flexibility index (Phi) is 43.6. The molecule has 1 unspecified atom stereocenters. The number of hydrogen-bond donors (Lipinski definition) is 1. The number of rotatable bonds is 40. The topological polar surface area (TPSA) is 55.8 Å². The molecule has 0 radical (unpaired) electrons. The van der Waals surface area contributed by atoms with Crippen molar-refractivity contribution in [1.29, 1.82) is 0 Å². The molecular weight excluding hydrogens is 653 g/mol. The van der Waals surface area contributed by atoms with Gasteiger partial charge < -0.3 is 14.6 Å². The van der Waals surface area contributed by atoms with Crippen molar-refractivity contribution in [3.8, 4) is 0 Å². The van der Waals surface area contributed by atoms with Gasteiger partial charge in [-0.2, -0.15) is 0 Å². The summed E-state index contributed by atoms with van der Waals surface area (Å²) < 4.78 is 11.2. The lowest BCUT2D eigenvalue weighted by molar-refractivity contribution is -0.154. The molecule has 0 saturated carbocycles. The highest BCUT2D eigenvalue weighted by Gasteiger charge is 2.13. The van der Waals surface area contributed by atoms with Crippen LogP contribution in [0.15, 0.2) is 85.1 Å². The monoisotopic (exact) mass is 737 g/mol. The van der Waals surface area contributed by atoms with Crippen LogP contribution >= 0.6 is 0 Å². The van der Waals surface area contributed by atoms with Crippen LogP contribution in [0.3, 0.4) is 0 Å². The number of ether oxygens (including phenoxy) is 2. The Morgan fingerprint density at radius 1 is 0.472 bits per heavy atom. The number of aliphatic hydroxyl groups is 1. The molecule has 0 aliphatic rings. The van der Waals surface area contributed by atoms with Crippen molar-refractivity contribution < 1.29 is 19.4 Å². The van der Waals surface area contributed by atoms with Crippen molar-refractivity contribution >= 4 is 5.97 Å². The summed E-state index contributed by atoms with van der Waals surface area (Å²) in [6.45, 7) is 5.17. The lowest BCUT2D eigenvalue weighted by Gasteiger charge is -2.15. The standard InChI is InChI=1S/C49H84O4/c1-3-5-7-9-11-13-15-17-19-20-21-22-23-24-25-26-27-28-29-31-33-35-37-39-41-43-45-52-47-48(46-50)53-49(51)44-42-40-38-36-34-32-30-18-16-14-12-10-8-6-4-2/h5,7,11-14,17-19,21-22,24-25,30,48,50H,3-4,6,8-10,15-16,20,23,26-29,31-47H2,1-2H3/b7-5-,13-11-,14-12-,19-17-,22-21-,25-24-,30-18-. The minimum absolute atomic E-state index is 0.183. The number of hydrogen-bond acceptors (Lipinski definition) is 4. The van der Waals surface area contributed by atoms with E-state index in [4.69, 9.17) is 9.47 Å². The maximum atomic E-state index is 12.2. The first-order valence-electron chi connectivity index (χ1n) is 22.2. The Hall–Kier alpha value is -2.43. The minimum Gasteiger partial charge on any atom is -0.457 e. The van der Waals surface area contributed by atoms with Gasteiger partial charge in [0.25, 0.3) is 0 Å². The third-order valence-corrected chi connectivity index (χ3v) is 9.20. The second kappa shape index (κ2) is 45.7. The highest BCUT2D eigenvalue weighted by Crippen LogP contribution is 2.13. The molecule has 0 fully saturated rings. The summed E-state index contributed by atoms with van der Waals surface area (Å²) in [7, 11) is 0. The number of carbonyl (C=O) groups is 1. The summed E-state index contributed by atoms with van der Waals surface area (Å²) in [6.07, 6.45) is 63.6. The van der Waals surface area contributed by atoms with Crippen LogP contribution in [0.4, 0.5) is 0 Å². The maximum Gasteiger partial charge on any atom is 0.306 e. The number of aliphatic hydroxyl groups excluding tert-OH is 1. The molecule has 0 aromatic heterocycles. The molecule has 0 aromatic carbocycles. The SMILES string of the molecule is CC/C=C\C/C=C\C/C=C\C/C=C\C/C=C\CCCCCCCCCCCCOCC(CO)OC(=O)CCCCCCC/C=C\C/C=C\CCCCC. The molecule has 304 valence electrons. The summed E-state index contributed by atoms with van der Waals surface area (Å²) in [5.41, 5.74) is 0. The first-order chi connectivity index (χ1) is 26.2. The van der Waals surface area contributed by atoms with Crippen LogP contribution in [0.25, 0.3) is 0 Å². The van der Waals surface area contributed by atoms with E-state index in [1.54, 1.807) is 0 Å². The molecule has 53 heavy (non-hydrogen) atoms. The molecule has 0 aliphatic heterocycles. The predicted octanol–water partition coefficient (Wildman–Crippen LogP) is 14.8. The molecular formula is C49H84O4. The Balaban J connectivity index is 3.48. The van der Waals surface area contributed by atoms with E-state index in [9.17, 15) is 9.90 Å². The zero-order valence-electron chi connectivity index (χ0n) is 34.8. The van der Waals surface area contributed by atoms with E-state index in [0.717, 1.165) is 70.6 Å². The molecule has 1 N–H and O–H groups in total. The molecule has 0 rings (SSSR count). The Labute approximate surface area is 329 Å². The van der Waals surface area contributed by atoms with E-state index in [1.165, 1.54) is 103 Å². The third-order valence-electron chi connectivity index (χ3n) is 9.20. The van der Waals surface area contributed by atoms with Gasteiger partial charge >= 0.3 is 5.97 Å². The van der Waals surface area contributed by atoms with Crippen molar-refractivity contribution in [2.24, 2.45) is 0 Å². The molecule has 0 saturated heterocycles. The lowest BCUT2D eigenvalue weighted by Crippen LogP contribution is -2.27. The van der Waals surface area contributed by atoms with Crippen molar-refractivity contribution in [3.05, 3.63) is 85.1 Å². The predicted molar refractivity (Wildman–Crippen MR) is 232 cm³/mol. The Morgan fingerprint density at radius 3 is 1.28 bits per heavy atom. The van der Waals surface area contributed by atoms with E-state index in [1.807, 2.05) is 0 Å². The molecule has 4 heteroatoms. The van der Waals surface area contributed by atoms with Gasteiger partial charge in [-0.25, -0.2) is 0 Å². The first kappa shape index (κ1) is 50.6. The largest absolute Gasteiger partial charge is 0.457 e. The van der Waals surface area contributed by atoms with Gasteiger partial charge in [-0.3, -0.25) is 4.79 Å². The van der Waals surface area contributed by atoms with Crippen LogP contribution in [-0.4, -0.2) is 37.0 Å². The van der Waals surface area contributed by atoms with Gasteiger partial charge in [-0.15, -0.1) is 0 Å². The van der Waals surface area contributed by atoms with Crippen LogP contribution in [0.5, 0.6) is 0 Å². The van der Waals surface area contributed by atoms with E-state index in [0.29, 0.717) is 13.0 Å². The lowest BCUT2D eigenvalue weighted by atomic mass is 10.1. The van der Waals surface area contributed by atoms with Crippen LogP contribution < -0.4 is 0 Å². The third kappa shape index (κ3) is 43.9. The van der Waals surface area contributed by atoms with Gasteiger partial charge in [0.15, 0.2) is 0 Å². The summed E-state index contributed by atoms with van der Waals surface area (Å²) in [4.78, 5) is 12.2. The van der Waals surface area contributed by atoms with E-state index in [-0.39, 0.29) is 19.2 Å². The fourth-order valence-corrected chi connectivity index (χ4v) is 5.91. The van der Waals surface area contributed by atoms with Crippen molar-refractivity contribution in [2.75, 3.05) is 19.8 Å². The van der Waals surface area contributed by atoms with Crippen molar-refractivity contribution in [1.82, 2.24) is 0 Å². The Bertz CT molecular complexity index is 954. The molecule has 0 heterocycles. The van der Waals surface area contributed by atoms with Gasteiger partial charge in [0.1, 0.15) is 6.10 Å². The average Bonchev–Trinajstić information content (AvgIpc) is 3.16. The maximum absolute atomic E-state index is 12.2. The molecule has 0 bridgehead atoms. The van der Waals surface area contributed by atoms with E-state index in [2.05, 4.69) is 98.9 Å². The van der Waals surface area contributed by atoms with Gasteiger partial charge in [0, 0.05) is 13.0 Å². The fourth-order valence-electron chi connectivity index (χ4n) is 5.91. The summed E-state index contributed by atoms with van der Waals surface area (Å²) >= 11 is 0. The van der Waals surface area contributed by atoms with Crippen LogP contribution in [0, 0.1) is 0 Å². The second-order valence-electron chi connectivity index (χ2n) is 14.4. The quantitative estimate of drug-likeness (QED) is 0.0387. The molecule has 1 atom stereocenters. The fraction of sp³-hybridized carbons (Fsp3) is 0.694. The Morgan fingerprint density at radius 2 is 0.849 bits per heavy atom. The van der Waals surface area contributed by atoms with Crippen LogP contribution in [0.1, 0.15) is 194 Å². The molecule has 0 aliphatic carbocycles. The molecule has 0 amide bonds. The normalized spacial score (nSPS) is 13.2. The van der Waals surface area contributed by atoms with Crippen LogP contribution in [0.2, 0.25) is 0 Å². The molecule has 4 nitrogen and oxygen atoms in total. The average molecular weight is 737 g/mol. The number of allylic oxidation sites excluding steroid dienone is 14. The van der Waals surface area contributed by atoms with Gasteiger partial charge in [0.2, 0.25) is 0 Å². The van der Waals surface area contributed by atoms with Gasteiger partial charge in [-0.05, 0) is 89.9 Å². The van der Waals surface area contributed by atoms with Gasteiger partial charge in [-0.1, -0.05) is 182 Å². The second-order valence-corrected chi connectivity index (χ2v) is 14.4. The summed E-state index contributed by atoms with van der Waals surface area (Å²) in [5, 5.41) is 9.60. The van der Waals surface area contributed by atoms with E-state index >= 15 is 0 Å². The molecule has 0 spiro atoms. The highest BCUT2D eigenvalue weighted by atomic mass is 16.6. The highest BCUT2D eigenvalue weighted by molar-refractivity contribution is 5.69. The van der Waals surface area contributed by atoms with E-state index < -0.39 is 6.10 Å². The van der Waals surface area contributed by atoms with Crippen LogP contribution in [-0.2, 0) is 14.3 Å². The molecule has 0 aromatic rings. The summed E-state index contributed by atoms with van der Waals surface area (Å²) in [5.74, 6) is -0.219. The number of unbranched alkanes of at least 4 members (excludes halogenated alkanes) is 18. The van der Waals surface area contributed by atoms with Gasteiger partial charge in [0.05, 0.1) is 13.2 Å². The number of carbonyl (C=O) groups excluding carboxylic acids is 1. The summed E-state index contributed by atoms with van der Waals surface area (Å²) in [6, 6.07) is 0. The minimum atomic E-state index is -0.549. The zero-order valence-corrected chi connectivity index (χ0v) is 34.8. The zero-order chi connectivity index (χ0) is 38.4.